The van der Waals surface area contributed by atoms with Gasteiger partial charge in [-0.3, -0.25) is 4.79 Å². The van der Waals surface area contributed by atoms with Crippen LogP contribution in [0.25, 0.3) is 0 Å². The normalized spacial score (nSPS) is 17.4. The molecule has 104 valence electrons. The lowest BCUT2D eigenvalue weighted by Crippen LogP contribution is -2.38. The number of hydrogen-bond donors (Lipinski definition) is 2. The molecule has 0 bridgehead atoms. The first kappa shape index (κ1) is 14.5. The molecule has 0 atom stereocenters. The summed E-state index contributed by atoms with van der Waals surface area (Å²) in [7, 11) is 0. The molecule has 1 aromatic rings. The average molecular weight is 300 g/mol. The Morgan fingerprint density at radius 1 is 1.58 bits per heavy atom. The minimum atomic E-state index is -0.179. The van der Waals surface area contributed by atoms with Gasteiger partial charge in [0.1, 0.15) is 5.15 Å². The number of thioether (sulfide) groups is 1. The Balaban J connectivity index is 2.03. The molecule has 19 heavy (non-hydrogen) atoms. The largest absolute Gasteiger partial charge is 0.397 e. The fraction of sp³-hybridized carbons (Fsp3) is 0.538. The lowest BCUT2D eigenvalue weighted by molar-refractivity contribution is 0.0950. The molecule has 4 nitrogen and oxygen atoms in total. The number of nitrogens with two attached hydrogens (primary N) is 1. The number of carbonyl (C=O) groups excluding carboxylic acids is 1. The van der Waals surface area contributed by atoms with Crippen molar-refractivity contribution < 1.29 is 4.79 Å². The molecule has 1 heterocycles. The van der Waals surface area contributed by atoms with Crippen molar-refractivity contribution >= 4 is 35.0 Å². The van der Waals surface area contributed by atoms with Gasteiger partial charge in [-0.2, -0.15) is 11.8 Å². The second-order valence-corrected chi connectivity index (χ2v) is 6.53. The Hall–Kier alpha value is -0.940. The van der Waals surface area contributed by atoms with Gasteiger partial charge in [-0.15, -0.1) is 0 Å². The van der Waals surface area contributed by atoms with E-state index in [0.717, 1.165) is 12.8 Å². The topological polar surface area (TPSA) is 68.0 Å². The molecule has 6 heteroatoms. The minimum absolute atomic E-state index is 0.179. The summed E-state index contributed by atoms with van der Waals surface area (Å²) in [4.78, 5) is 16.0. The molecule has 0 aliphatic heterocycles. The lowest BCUT2D eigenvalue weighted by atomic mass is 10.1. The third-order valence-electron chi connectivity index (χ3n) is 3.66. The van der Waals surface area contributed by atoms with Crippen molar-refractivity contribution in [2.75, 3.05) is 18.5 Å². The van der Waals surface area contributed by atoms with Gasteiger partial charge in [0.2, 0.25) is 0 Å². The summed E-state index contributed by atoms with van der Waals surface area (Å²) in [6, 6.07) is 1.51. The molecule has 0 radical (unpaired) electrons. The van der Waals surface area contributed by atoms with Gasteiger partial charge in [0.15, 0.2) is 0 Å². The van der Waals surface area contributed by atoms with Crippen LogP contribution in [0.2, 0.25) is 5.15 Å². The molecule has 3 N–H and O–H groups in total. The molecule has 0 saturated heterocycles. The number of hydrogen-bond acceptors (Lipinski definition) is 4. The highest BCUT2D eigenvalue weighted by Gasteiger charge is 2.33. The summed E-state index contributed by atoms with van der Waals surface area (Å²) in [5.41, 5.74) is 6.50. The van der Waals surface area contributed by atoms with Gasteiger partial charge in [-0.25, -0.2) is 4.98 Å². The zero-order chi connectivity index (χ0) is 13.9. The van der Waals surface area contributed by atoms with Crippen molar-refractivity contribution in [3.8, 4) is 0 Å². The van der Waals surface area contributed by atoms with E-state index in [1.807, 2.05) is 11.8 Å². The predicted octanol–water partition coefficient (Wildman–Crippen LogP) is 2.72. The maximum absolute atomic E-state index is 12.1. The highest BCUT2D eigenvalue weighted by atomic mass is 35.5. The van der Waals surface area contributed by atoms with Gasteiger partial charge < -0.3 is 11.1 Å². The predicted molar refractivity (Wildman–Crippen MR) is 80.7 cm³/mol. The van der Waals surface area contributed by atoms with Crippen LogP contribution in [-0.4, -0.2) is 28.4 Å². The van der Waals surface area contributed by atoms with Gasteiger partial charge >= 0.3 is 0 Å². The van der Waals surface area contributed by atoms with E-state index in [2.05, 4.69) is 16.6 Å². The highest BCUT2D eigenvalue weighted by molar-refractivity contribution is 8.00. The quantitative estimate of drug-likeness (QED) is 0.839. The van der Waals surface area contributed by atoms with Crippen LogP contribution in [0.5, 0.6) is 0 Å². The van der Waals surface area contributed by atoms with Crippen LogP contribution in [0, 0.1) is 0 Å². The van der Waals surface area contributed by atoms with E-state index in [4.69, 9.17) is 17.3 Å². The molecule has 0 unspecified atom stereocenters. The monoisotopic (exact) mass is 299 g/mol. The maximum Gasteiger partial charge on any atom is 0.253 e. The number of nitrogens with one attached hydrogen (secondary N) is 1. The summed E-state index contributed by atoms with van der Waals surface area (Å²) in [6.45, 7) is 0.673. The summed E-state index contributed by atoms with van der Waals surface area (Å²) < 4.78 is 0.182. The first-order chi connectivity index (χ1) is 9.06. The molecule has 1 saturated carbocycles. The number of halogens is 1. The summed E-state index contributed by atoms with van der Waals surface area (Å²) in [5, 5.41) is 3.25. The fourth-order valence-electron chi connectivity index (χ4n) is 2.45. The number of carbonyl (C=O) groups is 1. The van der Waals surface area contributed by atoms with Crippen LogP contribution in [0.4, 0.5) is 5.69 Å². The first-order valence-corrected chi connectivity index (χ1v) is 7.91. The fourth-order valence-corrected chi connectivity index (χ4v) is 3.52. The second-order valence-electron chi connectivity index (χ2n) is 4.87. The zero-order valence-electron chi connectivity index (χ0n) is 10.9. The van der Waals surface area contributed by atoms with Crippen molar-refractivity contribution in [3.05, 3.63) is 23.0 Å². The second kappa shape index (κ2) is 6.01. The molecule has 1 fully saturated rings. The van der Waals surface area contributed by atoms with Crippen LogP contribution >= 0.6 is 23.4 Å². The number of nitrogens with zero attached hydrogens (tertiary/aromatic N) is 1. The number of nitrogen functional groups attached to an aromatic ring is 1. The van der Waals surface area contributed by atoms with Gasteiger partial charge in [0.05, 0.1) is 17.4 Å². The van der Waals surface area contributed by atoms with Gasteiger partial charge in [-0.1, -0.05) is 24.4 Å². The third-order valence-corrected chi connectivity index (χ3v) is 5.29. The molecule has 1 aromatic heterocycles. The van der Waals surface area contributed by atoms with Crippen LogP contribution in [0.15, 0.2) is 12.3 Å². The number of pyridine rings is 1. The van der Waals surface area contributed by atoms with E-state index in [0.29, 0.717) is 17.8 Å². The van der Waals surface area contributed by atoms with Gasteiger partial charge in [0.25, 0.3) is 5.91 Å². The third kappa shape index (κ3) is 3.34. The SMILES string of the molecule is CSC1(CNC(=O)c2cc(Cl)ncc2N)CCCC1. The molecule has 1 amide bonds. The van der Waals surface area contributed by atoms with E-state index >= 15 is 0 Å². The van der Waals surface area contributed by atoms with E-state index in [-0.39, 0.29) is 15.8 Å². The molecule has 1 aliphatic rings. The Bertz CT molecular complexity index is 475. The smallest absolute Gasteiger partial charge is 0.253 e. The number of amides is 1. The Morgan fingerprint density at radius 2 is 2.26 bits per heavy atom. The molecule has 0 spiro atoms. The van der Waals surface area contributed by atoms with Crippen LogP contribution in [0.1, 0.15) is 36.0 Å². The summed E-state index contributed by atoms with van der Waals surface area (Å²) in [6.07, 6.45) is 8.30. The first-order valence-electron chi connectivity index (χ1n) is 6.31. The van der Waals surface area contributed by atoms with Gasteiger partial charge in [0, 0.05) is 11.3 Å². The van der Waals surface area contributed by atoms with E-state index in [1.54, 1.807) is 0 Å². The molecule has 0 aromatic carbocycles. The molecular weight excluding hydrogens is 282 g/mol. The maximum atomic E-state index is 12.1. The summed E-state index contributed by atoms with van der Waals surface area (Å²) in [5.74, 6) is -0.179. The van der Waals surface area contributed by atoms with E-state index in [9.17, 15) is 4.79 Å². The zero-order valence-corrected chi connectivity index (χ0v) is 12.5. The number of anilines is 1. The number of rotatable bonds is 4. The van der Waals surface area contributed by atoms with Crippen molar-refractivity contribution in [2.24, 2.45) is 0 Å². The molecule has 1 aliphatic carbocycles. The van der Waals surface area contributed by atoms with Gasteiger partial charge in [-0.05, 0) is 25.2 Å². The van der Waals surface area contributed by atoms with Crippen molar-refractivity contribution in [1.29, 1.82) is 0 Å². The van der Waals surface area contributed by atoms with E-state index in [1.165, 1.54) is 25.1 Å². The minimum Gasteiger partial charge on any atom is -0.397 e. The van der Waals surface area contributed by atoms with Crippen molar-refractivity contribution in [2.45, 2.75) is 30.4 Å². The van der Waals surface area contributed by atoms with Crippen LogP contribution in [0.3, 0.4) is 0 Å². The molecule has 2 rings (SSSR count). The standard InChI is InChI=1S/C13H18ClN3OS/c1-19-13(4-2-3-5-13)8-17-12(18)9-6-11(14)16-7-10(9)15/h6-7H,2-5,8,15H2,1H3,(H,17,18). The van der Waals surface area contributed by atoms with E-state index < -0.39 is 0 Å². The van der Waals surface area contributed by atoms with Crippen molar-refractivity contribution in [1.82, 2.24) is 10.3 Å². The average Bonchev–Trinajstić information content (AvgIpc) is 2.88. The van der Waals surface area contributed by atoms with Crippen LogP contribution in [-0.2, 0) is 0 Å². The summed E-state index contributed by atoms with van der Waals surface area (Å²) >= 11 is 7.63. The number of aromatic nitrogens is 1. The van der Waals surface area contributed by atoms with Crippen LogP contribution < -0.4 is 11.1 Å². The highest BCUT2D eigenvalue weighted by Crippen LogP contribution is 2.39. The lowest BCUT2D eigenvalue weighted by Gasteiger charge is -2.27. The Morgan fingerprint density at radius 3 is 2.89 bits per heavy atom. The Labute approximate surface area is 122 Å². The Kier molecular flexibility index (Phi) is 4.58. The molecular formula is C13H18ClN3OS. The van der Waals surface area contributed by atoms with Crippen molar-refractivity contribution in [3.63, 3.8) is 0 Å².